The molecule has 0 bridgehead atoms. The predicted octanol–water partition coefficient (Wildman–Crippen LogP) is 2.73. The number of urea groups is 1. The summed E-state index contributed by atoms with van der Waals surface area (Å²) < 4.78 is 5.08. The van der Waals surface area contributed by atoms with Gasteiger partial charge in [-0.1, -0.05) is 29.8 Å². The number of nitrogens with zero attached hydrogens (tertiary/aromatic N) is 2. The monoisotopic (exact) mass is 375 g/mol. The van der Waals surface area contributed by atoms with Gasteiger partial charge in [-0.05, 0) is 24.1 Å². The molecule has 1 unspecified atom stereocenters. The van der Waals surface area contributed by atoms with E-state index in [4.69, 9.17) is 16.3 Å². The highest BCUT2D eigenvalue weighted by Gasteiger charge is 2.43. The fourth-order valence-electron chi connectivity index (χ4n) is 3.39. The molecule has 0 aromatic heterocycles. The SMILES string of the molecule is C=CCN1C(=O)NC(c2cccc(Cl)c2)C2=C1CN(CCCOC)C2=O. The molecule has 0 spiro atoms. The minimum atomic E-state index is -0.503. The Morgan fingerprint density at radius 3 is 2.92 bits per heavy atom. The maximum absolute atomic E-state index is 13.0. The van der Waals surface area contributed by atoms with Crippen molar-refractivity contribution in [2.24, 2.45) is 0 Å². The Balaban J connectivity index is 1.96. The lowest BCUT2D eigenvalue weighted by Crippen LogP contribution is -2.47. The molecule has 0 radical (unpaired) electrons. The van der Waals surface area contributed by atoms with E-state index < -0.39 is 6.04 Å². The van der Waals surface area contributed by atoms with E-state index in [9.17, 15) is 9.59 Å². The molecule has 138 valence electrons. The molecule has 26 heavy (non-hydrogen) atoms. The Hall–Kier alpha value is -2.31. The summed E-state index contributed by atoms with van der Waals surface area (Å²) in [5, 5.41) is 3.50. The number of methoxy groups -OCH3 is 1. The van der Waals surface area contributed by atoms with Crippen LogP contribution in [0.15, 0.2) is 48.2 Å². The number of carbonyl (C=O) groups excluding carboxylic acids is 2. The molecule has 1 aromatic rings. The Labute approximate surface area is 158 Å². The van der Waals surface area contributed by atoms with Crippen molar-refractivity contribution in [1.29, 1.82) is 0 Å². The van der Waals surface area contributed by atoms with Crippen LogP contribution < -0.4 is 5.32 Å². The van der Waals surface area contributed by atoms with E-state index in [0.29, 0.717) is 36.8 Å². The highest BCUT2D eigenvalue weighted by molar-refractivity contribution is 6.30. The second kappa shape index (κ2) is 7.93. The van der Waals surface area contributed by atoms with Crippen molar-refractivity contribution in [3.05, 3.63) is 58.8 Å². The average molecular weight is 376 g/mol. The molecule has 0 saturated heterocycles. The first-order chi connectivity index (χ1) is 12.6. The number of amides is 3. The highest BCUT2D eigenvalue weighted by Crippen LogP contribution is 2.36. The number of rotatable bonds is 7. The molecule has 3 rings (SSSR count). The number of hydrogen-bond donors (Lipinski definition) is 1. The van der Waals surface area contributed by atoms with Crippen LogP contribution in [0.5, 0.6) is 0 Å². The van der Waals surface area contributed by atoms with Crippen LogP contribution in [0, 0.1) is 0 Å². The van der Waals surface area contributed by atoms with Gasteiger partial charge in [-0.25, -0.2) is 4.79 Å². The molecule has 6 nitrogen and oxygen atoms in total. The van der Waals surface area contributed by atoms with Crippen LogP contribution in [0.3, 0.4) is 0 Å². The van der Waals surface area contributed by atoms with E-state index in [1.54, 1.807) is 35.1 Å². The molecular formula is C19H22ClN3O3. The number of benzene rings is 1. The van der Waals surface area contributed by atoms with E-state index in [-0.39, 0.29) is 11.9 Å². The summed E-state index contributed by atoms with van der Waals surface area (Å²) in [6, 6.07) is 6.49. The number of halogens is 1. The molecule has 1 atom stereocenters. The van der Waals surface area contributed by atoms with Gasteiger partial charge in [-0.2, -0.15) is 0 Å². The van der Waals surface area contributed by atoms with Crippen LogP contribution in [-0.4, -0.2) is 55.1 Å². The Kier molecular flexibility index (Phi) is 5.64. The zero-order chi connectivity index (χ0) is 18.7. The normalized spacial score (nSPS) is 19.7. The summed E-state index contributed by atoms with van der Waals surface area (Å²) >= 11 is 6.11. The molecule has 1 aromatic carbocycles. The molecule has 2 heterocycles. The van der Waals surface area contributed by atoms with E-state index >= 15 is 0 Å². The summed E-state index contributed by atoms with van der Waals surface area (Å²) in [5.41, 5.74) is 2.14. The minimum Gasteiger partial charge on any atom is -0.385 e. The third-order valence-corrected chi connectivity index (χ3v) is 4.80. The molecular weight excluding hydrogens is 354 g/mol. The standard InChI is InChI=1S/C19H22ClN3O3/c1-3-8-23-15-12-22(9-5-10-26-2)18(24)16(15)17(21-19(23)25)13-6-4-7-14(20)11-13/h3-4,6-7,11,17H,1,5,8-10,12H2,2H3,(H,21,25). The molecule has 0 fully saturated rings. The van der Waals surface area contributed by atoms with Gasteiger partial charge in [0.25, 0.3) is 5.91 Å². The summed E-state index contributed by atoms with van der Waals surface area (Å²) in [6.07, 6.45) is 2.40. The largest absolute Gasteiger partial charge is 0.385 e. The topological polar surface area (TPSA) is 61.9 Å². The summed E-state index contributed by atoms with van der Waals surface area (Å²) in [6.45, 7) is 5.64. The van der Waals surface area contributed by atoms with Gasteiger partial charge >= 0.3 is 6.03 Å². The fourth-order valence-corrected chi connectivity index (χ4v) is 3.59. The smallest absolute Gasteiger partial charge is 0.322 e. The van der Waals surface area contributed by atoms with Crippen molar-refractivity contribution in [2.45, 2.75) is 12.5 Å². The van der Waals surface area contributed by atoms with E-state index in [1.807, 2.05) is 12.1 Å². The third kappa shape index (κ3) is 3.48. The fraction of sp³-hybridized carbons (Fsp3) is 0.368. The summed E-state index contributed by atoms with van der Waals surface area (Å²) in [4.78, 5) is 29.0. The minimum absolute atomic E-state index is 0.0601. The Bertz CT molecular complexity index is 762. The lowest BCUT2D eigenvalue weighted by molar-refractivity contribution is -0.125. The molecule has 0 saturated carbocycles. The van der Waals surface area contributed by atoms with Gasteiger partial charge in [-0.15, -0.1) is 6.58 Å². The molecule has 2 aliphatic heterocycles. The van der Waals surface area contributed by atoms with Crippen LogP contribution in [0.1, 0.15) is 18.0 Å². The number of nitrogens with one attached hydrogen (secondary N) is 1. The van der Waals surface area contributed by atoms with Gasteiger partial charge in [-0.3, -0.25) is 9.69 Å². The lowest BCUT2D eigenvalue weighted by atomic mass is 9.95. The van der Waals surface area contributed by atoms with Gasteiger partial charge in [0.05, 0.1) is 23.9 Å². The second-order valence-electron chi connectivity index (χ2n) is 6.27. The number of ether oxygens (including phenoxy) is 1. The van der Waals surface area contributed by atoms with Crippen LogP contribution in [0.25, 0.3) is 0 Å². The van der Waals surface area contributed by atoms with Crippen molar-refractivity contribution in [2.75, 3.05) is 33.4 Å². The van der Waals surface area contributed by atoms with Crippen molar-refractivity contribution in [3.63, 3.8) is 0 Å². The van der Waals surface area contributed by atoms with Crippen LogP contribution in [0.2, 0.25) is 5.02 Å². The van der Waals surface area contributed by atoms with Crippen LogP contribution in [-0.2, 0) is 9.53 Å². The number of carbonyl (C=O) groups is 2. The van der Waals surface area contributed by atoms with Gasteiger partial charge in [0.2, 0.25) is 0 Å². The van der Waals surface area contributed by atoms with Crippen LogP contribution in [0.4, 0.5) is 4.79 Å². The molecule has 2 aliphatic rings. The molecule has 3 amide bonds. The molecule has 1 N–H and O–H groups in total. The van der Waals surface area contributed by atoms with Gasteiger partial charge in [0.1, 0.15) is 0 Å². The van der Waals surface area contributed by atoms with Crippen molar-refractivity contribution in [1.82, 2.24) is 15.1 Å². The Morgan fingerprint density at radius 2 is 2.23 bits per heavy atom. The van der Waals surface area contributed by atoms with E-state index in [0.717, 1.165) is 17.7 Å². The maximum Gasteiger partial charge on any atom is 0.322 e. The first kappa shape index (κ1) is 18.5. The van der Waals surface area contributed by atoms with Crippen molar-refractivity contribution in [3.8, 4) is 0 Å². The molecule has 7 heteroatoms. The third-order valence-electron chi connectivity index (χ3n) is 4.57. The van der Waals surface area contributed by atoms with Gasteiger partial charge in [0, 0.05) is 31.8 Å². The lowest BCUT2D eigenvalue weighted by Gasteiger charge is -2.33. The average Bonchev–Trinajstić information content (AvgIpc) is 2.94. The number of hydrogen-bond acceptors (Lipinski definition) is 3. The highest BCUT2D eigenvalue weighted by atomic mass is 35.5. The molecule has 0 aliphatic carbocycles. The zero-order valence-corrected chi connectivity index (χ0v) is 15.5. The van der Waals surface area contributed by atoms with Crippen molar-refractivity contribution >= 4 is 23.5 Å². The summed E-state index contributed by atoms with van der Waals surface area (Å²) in [7, 11) is 1.64. The summed E-state index contributed by atoms with van der Waals surface area (Å²) in [5.74, 6) is -0.0601. The maximum atomic E-state index is 13.0. The first-order valence-electron chi connectivity index (χ1n) is 8.52. The van der Waals surface area contributed by atoms with Crippen LogP contribution >= 0.6 is 11.6 Å². The zero-order valence-electron chi connectivity index (χ0n) is 14.7. The van der Waals surface area contributed by atoms with Gasteiger partial charge in [0.15, 0.2) is 0 Å². The quantitative estimate of drug-likeness (QED) is 0.588. The first-order valence-corrected chi connectivity index (χ1v) is 8.90. The van der Waals surface area contributed by atoms with E-state index in [2.05, 4.69) is 11.9 Å². The van der Waals surface area contributed by atoms with Crippen molar-refractivity contribution < 1.29 is 14.3 Å². The second-order valence-corrected chi connectivity index (χ2v) is 6.71. The van der Waals surface area contributed by atoms with E-state index in [1.165, 1.54) is 0 Å². The Morgan fingerprint density at radius 1 is 1.42 bits per heavy atom. The van der Waals surface area contributed by atoms with Gasteiger partial charge < -0.3 is 15.0 Å². The predicted molar refractivity (Wildman–Crippen MR) is 99.7 cm³/mol.